The number of nitrogens with zero attached hydrogens (tertiary/aromatic N) is 2. The Kier molecular flexibility index (Phi) is 10.1. The number of hydrogen-bond acceptors (Lipinski definition) is 3. The van der Waals surface area contributed by atoms with Gasteiger partial charge in [-0.15, -0.1) is 0 Å². The second-order valence-electron chi connectivity index (χ2n) is 5.49. The van der Waals surface area contributed by atoms with Crippen molar-refractivity contribution in [1.82, 2.24) is 9.80 Å². The van der Waals surface area contributed by atoms with Gasteiger partial charge in [0.25, 0.3) is 0 Å². The van der Waals surface area contributed by atoms with Crippen LogP contribution < -0.4 is 5.73 Å². The van der Waals surface area contributed by atoms with Crippen LogP contribution in [0.4, 0.5) is 0 Å². The lowest BCUT2D eigenvalue weighted by molar-refractivity contribution is -0.139. The highest BCUT2D eigenvalue weighted by molar-refractivity contribution is 5.84. The molecule has 0 aromatic carbocycles. The molecule has 0 aliphatic carbocycles. The van der Waals surface area contributed by atoms with E-state index in [4.69, 9.17) is 5.73 Å². The van der Waals surface area contributed by atoms with Crippen molar-refractivity contribution < 1.29 is 9.59 Å². The van der Waals surface area contributed by atoms with Crippen LogP contribution in [0.3, 0.4) is 0 Å². The van der Waals surface area contributed by atoms with Gasteiger partial charge in [-0.05, 0) is 31.7 Å². The molecule has 0 aromatic rings. The quantitative estimate of drug-likeness (QED) is 0.661. The molecule has 0 heterocycles. The van der Waals surface area contributed by atoms with Crippen molar-refractivity contribution in [2.45, 2.75) is 46.0 Å². The third-order valence-corrected chi connectivity index (χ3v) is 3.59. The lowest BCUT2D eigenvalue weighted by Gasteiger charge is -2.24. The van der Waals surface area contributed by atoms with Gasteiger partial charge in [0.05, 0.1) is 6.54 Å². The highest BCUT2D eigenvalue weighted by atomic mass is 16.2. The van der Waals surface area contributed by atoms with Crippen LogP contribution >= 0.6 is 0 Å². The van der Waals surface area contributed by atoms with E-state index in [0.717, 1.165) is 25.7 Å². The molecule has 5 nitrogen and oxygen atoms in total. The first kappa shape index (κ1) is 18.9. The van der Waals surface area contributed by atoms with Crippen molar-refractivity contribution in [3.63, 3.8) is 0 Å². The molecule has 1 unspecified atom stereocenters. The third-order valence-electron chi connectivity index (χ3n) is 3.59. The van der Waals surface area contributed by atoms with Crippen molar-refractivity contribution in [3.05, 3.63) is 0 Å². The molecule has 0 aromatic heterocycles. The highest BCUT2D eigenvalue weighted by Crippen LogP contribution is 2.15. The maximum Gasteiger partial charge on any atom is 0.241 e. The van der Waals surface area contributed by atoms with E-state index in [2.05, 4.69) is 6.92 Å². The molecule has 0 radical (unpaired) electrons. The van der Waals surface area contributed by atoms with Crippen LogP contribution in [0.25, 0.3) is 0 Å². The summed E-state index contributed by atoms with van der Waals surface area (Å²) in [5, 5.41) is 0. The Balaban J connectivity index is 4.37. The molecule has 5 heteroatoms. The van der Waals surface area contributed by atoms with Crippen molar-refractivity contribution in [2.75, 3.05) is 33.7 Å². The second kappa shape index (κ2) is 10.7. The minimum absolute atomic E-state index is 0.0270. The normalized spacial score (nSPS) is 12.1. The third kappa shape index (κ3) is 7.48. The zero-order valence-electron chi connectivity index (χ0n) is 13.5. The smallest absolute Gasteiger partial charge is 0.241 e. The molecule has 0 rings (SSSR count). The standard InChI is InChI=1S/C15H31N3O2/c1-5-11-18(12-15(20)17(3)4)14(19)8-7-13(6-2)9-10-16/h13H,5-12,16H2,1-4H3. The first-order valence-electron chi connectivity index (χ1n) is 7.64. The molecule has 0 aliphatic heterocycles. The van der Waals surface area contributed by atoms with E-state index in [1.54, 1.807) is 19.0 Å². The van der Waals surface area contributed by atoms with Gasteiger partial charge < -0.3 is 15.5 Å². The second-order valence-corrected chi connectivity index (χ2v) is 5.49. The monoisotopic (exact) mass is 285 g/mol. The van der Waals surface area contributed by atoms with Crippen molar-refractivity contribution in [2.24, 2.45) is 11.7 Å². The summed E-state index contributed by atoms with van der Waals surface area (Å²) in [4.78, 5) is 27.2. The Morgan fingerprint density at radius 2 is 1.75 bits per heavy atom. The summed E-state index contributed by atoms with van der Waals surface area (Å²) < 4.78 is 0. The van der Waals surface area contributed by atoms with Gasteiger partial charge in [0, 0.05) is 27.1 Å². The summed E-state index contributed by atoms with van der Waals surface area (Å²) >= 11 is 0. The number of rotatable bonds is 10. The average molecular weight is 285 g/mol. The van der Waals surface area contributed by atoms with Crippen molar-refractivity contribution >= 4 is 11.8 Å². The summed E-state index contributed by atoms with van der Waals surface area (Å²) in [7, 11) is 3.43. The van der Waals surface area contributed by atoms with Gasteiger partial charge in [-0.2, -0.15) is 0 Å². The fourth-order valence-corrected chi connectivity index (χ4v) is 2.14. The number of likely N-dealkylation sites (N-methyl/N-ethyl adjacent to an activating group) is 1. The van der Waals surface area contributed by atoms with Crippen molar-refractivity contribution in [3.8, 4) is 0 Å². The van der Waals surface area contributed by atoms with Gasteiger partial charge in [-0.3, -0.25) is 9.59 Å². The minimum atomic E-state index is -0.0270. The molecule has 0 aliphatic rings. The Labute approximate surface area is 123 Å². The Hall–Kier alpha value is -1.10. The van der Waals surface area contributed by atoms with E-state index in [0.29, 0.717) is 25.4 Å². The van der Waals surface area contributed by atoms with Gasteiger partial charge >= 0.3 is 0 Å². The van der Waals surface area contributed by atoms with Crippen molar-refractivity contribution in [1.29, 1.82) is 0 Å². The topological polar surface area (TPSA) is 66.6 Å². The molecule has 20 heavy (non-hydrogen) atoms. The molecular formula is C15H31N3O2. The molecule has 2 N–H and O–H groups in total. The van der Waals surface area contributed by atoms with Crippen LogP contribution in [0.5, 0.6) is 0 Å². The van der Waals surface area contributed by atoms with Gasteiger partial charge in [-0.1, -0.05) is 20.3 Å². The predicted molar refractivity (Wildman–Crippen MR) is 82.3 cm³/mol. The Bertz CT molecular complexity index is 293. The molecule has 1 atom stereocenters. The van der Waals surface area contributed by atoms with E-state index < -0.39 is 0 Å². The van der Waals surface area contributed by atoms with E-state index in [-0.39, 0.29) is 18.4 Å². The number of carbonyl (C=O) groups excluding carboxylic acids is 2. The van der Waals surface area contributed by atoms with Gasteiger partial charge in [-0.25, -0.2) is 0 Å². The summed E-state index contributed by atoms with van der Waals surface area (Å²) in [5.74, 6) is 0.565. The summed E-state index contributed by atoms with van der Waals surface area (Å²) in [5.41, 5.74) is 5.57. The lowest BCUT2D eigenvalue weighted by atomic mass is 9.96. The summed E-state index contributed by atoms with van der Waals surface area (Å²) in [6.07, 6.45) is 4.26. The van der Waals surface area contributed by atoms with E-state index in [9.17, 15) is 9.59 Å². The number of carbonyl (C=O) groups is 2. The lowest BCUT2D eigenvalue weighted by Crippen LogP contribution is -2.40. The largest absolute Gasteiger partial charge is 0.347 e. The Morgan fingerprint density at radius 3 is 2.20 bits per heavy atom. The molecule has 0 saturated carbocycles. The maximum absolute atomic E-state index is 12.2. The zero-order valence-corrected chi connectivity index (χ0v) is 13.5. The van der Waals surface area contributed by atoms with Crippen LogP contribution in [-0.2, 0) is 9.59 Å². The fraction of sp³-hybridized carbons (Fsp3) is 0.867. The van der Waals surface area contributed by atoms with E-state index in [1.807, 2.05) is 6.92 Å². The van der Waals surface area contributed by atoms with E-state index >= 15 is 0 Å². The molecular weight excluding hydrogens is 254 g/mol. The highest BCUT2D eigenvalue weighted by Gasteiger charge is 2.18. The van der Waals surface area contributed by atoms with Gasteiger partial charge in [0.15, 0.2) is 0 Å². The zero-order chi connectivity index (χ0) is 15.5. The number of hydrogen-bond donors (Lipinski definition) is 1. The number of amides is 2. The van der Waals surface area contributed by atoms with Crippen LogP contribution in [0.2, 0.25) is 0 Å². The van der Waals surface area contributed by atoms with E-state index in [1.165, 1.54) is 4.90 Å². The summed E-state index contributed by atoms with van der Waals surface area (Å²) in [6.45, 7) is 5.65. The SMILES string of the molecule is CCCN(CC(=O)N(C)C)C(=O)CCC(CC)CCN. The predicted octanol–water partition coefficient (Wildman–Crippen LogP) is 1.47. The Morgan fingerprint density at radius 1 is 1.10 bits per heavy atom. The van der Waals surface area contributed by atoms with Crippen LogP contribution in [0.15, 0.2) is 0 Å². The molecule has 2 amide bonds. The average Bonchev–Trinajstić information content (AvgIpc) is 2.42. The molecule has 0 spiro atoms. The molecule has 118 valence electrons. The summed E-state index contributed by atoms with van der Waals surface area (Å²) in [6, 6.07) is 0. The fourth-order valence-electron chi connectivity index (χ4n) is 2.14. The maximum atomic E-state index is 12.2. The van der Waals surface area contributed by atoms with Gasteiger partial charge in [0.1, 0.15) is 0 Å². The van der Waals surface area contributed by atoms with Crippen LogP contribution in [0.1, 0.15) is 46.0 Å². The molecule has 0 bridgehead atoms. The first-order valence-corrected chi connectivity index (χ1v) is 7.64. The van der Waals surface area contributed by atoms with Gasteiger partial charge in [0.2, 0.25) is 11.8 Å². The van der Waals surface area contributed by atoms with Crippen LogP contribution in [-0.4, -0.2) is 55.3 Å². The number of nitrogens with two attached hydrogens (primary N) is 1. The minimum Gasteiger partial charge on any atom is -0.347 e. The molecule has 0 fully saturated rings. The molecule has 0 saturated heterocycles. The first-order chi connectivity index (χ1) is 9.46. The van der Waals surface area contributed by atoms with Crippen LogP contribution in [0, 0.1) is 5.92 Å².